The number of nitrogens with one attached hydrogen (secondary N) is 2. The molecule has 7 nitrogen and oxygen atoms in total. The van der Waals surface area contributed by atoms with Gasteiger partial charge >= 0.3 is 6.09 Å². The van der Waals surface area contributed by atoms with Crippen LogP contribution in [0.3, 0.4) is 0 Å². The monoisotopic (exact) mass is 516 g/mol. The number of aliphatic hydroxyl groups excluding tert-OH is 1. The molecule has 0 radical (unpaired) electrons. The molecule has 1 atom stereocenters. The number of H-pyrrole nitrogens is 1. The van der Waals surface area contributed by atoms with Crippen LogP contribution in [0.1, 0.15) is 51.5 Å². The number of thiophene rings is 1. The van der Waals surface area contributed by atoms with Crippen LogP contribution in [0.5, 0.6) is 0 Å². The van der Waals surface area contributed by atoms with Gasteiger partial charge in [0.05, 0.1) is 11.8 Å². The van der Waals surface area contributed by atoms with Gasteiger partial charge in [0, 0.05) is 36.1 Å². The van der Waals surface area contributed by atoms with E-state index in [1.54, 1.807) is 29.4 Å². The Morgan fingerprint density at radius 3 is 2.76 bits per heavy atom. The molecule has 4 heterocycles. The summed E-state index contributed by atoms with van der Waals surface area (Å²) in [7, 11) is 0. The van der Waals surface area contributed by atoms with Gasteiger partial charge in [-0.25, -0.2) is 9.78 Å². The van der Waals surface area contributed by atoms with Gasteiger partial charge in [0.2, 0.25) is 0 Å². The topological polar surface area (TPSA) is 90.5 Å². The van der Waals surface area contributed by atoms with Crippen LogP contribution in [-0.2, 0) is 4.74 Å². The fourth-order valence-electron chi connectivity index (χ4n) is 4.54. The van der Waals surface area contributed by atoms with Crippen molar-refractivity contribution >= 4 is 45.4 Å². The average molecular weight is 517 g/mol. The van der Waals surface area contributed by atoms with E-state index in [-0.39, 0.29) is 6.09 Å². The first-order chi connectivity index (χ1) is 17.7. The number of ether oxygens (including phenoxy) is 1. The van der Waals surface area contributed by atoms with Crippen LogP contribution < -0.4 is 5.32 Å². The number of aromatic amines is 1. The van der Waals surface area contributed by atoms with E-state index in [1.807, 2.05) is 44.4 Å². The molecule has 0 saturated carbocycles. The number of aromatic nitrogens is 2. The number of hydrogen-bond donors (Lipinski definition) is 3. The largest absolute Gasteiger partial charge is 0.444 e. The van der Waals surface area contributed by atoms with E-state index in [4.69, 9.17) is 4.74 Å². The Morgan fingerprint density at radius 2 is 2.08 bits per heavy atom. The van der Waals surface area contributed by atoms with Gasteiger partial charge in [-0.3, -0.25) is 0 Å². The van der Waals surface area contributed by atoms with Crippen molar-refractivity contribution in [3.8, 4) is 11.1 Å². The lowest BCUT2D eigenvalue weighted by molar-refractivity contribution is 0.0270. The molecule has 0 fully saturated rings. The Bertz CT molecular complexity index is 1450. The summed E-state index contributed by atoms with van der Waals surface area (Å²) in [6, 6.07) is 12.2. The lowest BCUT2D eigenvalue weighted by atomic mass is 9.98. The lowest BCUT2D eigenvalue weighted by Crippen LogP contribution is -2.39. The normalized spacial score (nSPS) is 14.9. The highest BCUT2D eigenvalue weighted by molar-refractivity contribution is 7.08. The Hall–Kier alpha value is -3.62. The van der Waals surface area contributed by atoms with Crippen LogP contribution in [0, 0.1) is 0 Å². The van der Waals surface area contributed by atoms with Gasteiger partial charge < -0.3 is 25.0 Å². The summed E-state index contributed by atoms with van der Waals surface area (Å²) in [6.45, 7) is 8.55. The third kappa shape index (κ3) is 5.55. The minimum atomic E-state index is -0.557. The number of benzene rings is 1. The summed E-state index contributed by atoms with van der Waals surface area (Å²) >= 11 is 1.64. The van der Waals surface area contributed by atoms with Crippen LogP contribution >= 0.6 is 11.3 Å². The zero-order valence-corrected chi connectivity index (χ0v) is 22.4. The number of hydrogen-bond acceptors (Lipinski definition) is 6. The van der Waals surface area contributed by atoms with E-state index in [1.165, 1.54) is 0 Å². The molecule has 4 aromatic rings. The molecule has 3 aromatic heterocycles. The van der Waals surface area contributed by atoms with Crippen LogP contribution in [0.25, 0.3) is 27.7 Å². The number of fused-ring (bicyclic) bond motifs is 1. The Balaban J connectivity index is 1.39. The Labute approximate surface area is 220 Å². The van der Waals surface area contributed by atoms with Gasteiger partial charge in [-0.2, -0.15) is 11.3 Å². The number of carbonyl (C=O) groups is 1. The molecule has 3 N–H and O–H groups in total. The van der Waals surface area contributed by atoms with Crippen molar-refractivity contribution < 1.29 is 14.6 Å². The van der Waals surface area contributed by atoms with E-state index in [0.717, 1.165) is 56.8 Å². The van der Waals surface area contributed by atoms with Gasteiger partial charge in [-0.1, -0.05) is 12.1 Å². The third-order valence-electron chi connectivity index (χ3n) is 6.35. The molecule has 0 spiro atoms. The highest BCUT2D eigenvalue weighted by Gasteiger charge is 2.24. The smallest absolute Gasteiger partial charge is 0.410 e. The van der Waals surface area contributed by atoms with E-state index in [2.05, 4.69) is 44.9 Å². The molecule has 0 aliphatic carbocycles. The number of aliphatic hydroxyl groups is 1. The molecule has 1 unspecified atom stereocenters. The van der Waals surface area contributed by atoms with Gasteiger partial charge in [0.15, 0.2) is 0 Å². The van der Waals surface area contributed by atoms with Gasteiger partial charge in [0.1, 0.15) is 11.2 Å². The maximum atomic E-state index is 12.4. The average Bonchev–Trinajstić information content (AvgIpc) is 3.54. The maximum absolute atomic E-state index is 12.4. The minimum Gasteiger partial charge on any atom is -0.444 e. The second kappa shape index (κ2) is 10.0. The summed E-state index contributed by atoms with van der Waals surface area (Å²) in [6.07, 6.45) is 3.76. The molecule has 8 heteroatoms. The first-order valence-electron chi connectivity index (χ1n) is 12.4. The van der Waals surface area contributed by atoms with Crippen molar-refractivity contribution in [3.05, 3.63) is 70.7 Å². The number of anilines is 2. The molecule has 1 aliphatic rings. The highest BCUT2D eigenvalue weighted by atomic mass is 32.1. The summed E-state index contributed by atoms with van der Waals surface area (Å²) in [5.74, 6) is 0. The van der Waals surface area contributed by atoms with Crippen molar-refractivity contribution in [2.75, 3.05) is 18.4 Å². The molecule has 0 bridgehead atoms. The highest BCUT2D eigenvalue weighted by Crippen LogP contribution is 2.35. The Morgan fingerprint density at radius 1 is 1.24 bits per heavy atom. The first-order valence-corrected chi connectivity index (χ1v) is 13.4. The van der Waals surface area contributed by atoms with Gasteiger partial charge in [-0.15, -0.1) is 0 Å². The number of amides is 1. The molecule has 0 saturated heterocycles. The minimum absolute atomic E-state index is 0.281. The second-order valence-corrected chi connectivity index (χ2v) is 11.1. The summed E-state index contributed by atoms with van der Waals surface area (Å²) in [4.78, 5) is 22.1. The van der Waals surface area contributed by atoms with E-state index >= 15 is 0 Å². The second-order valence-electron chi connectivity index (χ2n) is 10.3. The molecule has 192 valence electrons. The predicted octanol–water partition coefficient (Wildman–Crippen LogP) is 7.11. The van der Waals surface area contributed by atoms with E-state index in [9.17, 15) is 9.90 Å². The first kappa shape index (κ1) is 25.0. The fraction of sp³-hybridized carbons (Fsp3) is 0.310. The zero-order chi connectivity index (χ0) is 26.2. The van der Waals surface area contributed by atoms with Crippen molar-refractivity contribution in [2.24, 2.45) is 0 Å². The number of rotatable bonds is 5. The Kier molecular flexibility index (Phi) is 6.79. The van der Waals surface area contributed by atoms with Gasteiger partial charge in [-0.05, 0) is 97.5 Å². The molecule has 5 rings (SSSR count). The quantitative estimate of drug-likeness (QED) is 0.263. The van der Waals surface area contributed by atoms with Crippen LogP contribution in [0.2, 0.25) is 0 Å². The van der Waals surface area contributed by atoms with Crippen LogP contribution in [-0.4, -0.2) is 44.8 Å². The van der Waals surface area contributed by atoms with Crippen molar-refractivity contribution in [1.29, 1.82) is 0 Å². The van der Waals surface area contributed by atoms with Crippen molar-refractivity contribution in [3.63, 3.8) is 0 Å². The standard InChI is InChI=1S/C29H32N4O3S/c1-18(34)22-6-5-21(15-23(22)20-10-14-37-17-20)31-25-7-11-30-27-24(25)16-26(32-27)19-8-12-33(13-9-19)28(35)36-29(2,3)4/h5-8,10-11,14-18,34H,9,12-13H2,1-4H3,(H2,30,31,32). The summed E-state index contributed by atoms with van der Waals surface area (Å²) in [5, 5.41) is 19.0. The molecular weight excluding hydrogens is 484 g/mol. The van der Waals surface area contributed by atoms with Crippen LogP contribution in [0.4, 0.5) is 16.2 Å². The SMILES string of the molecule is CC(O)c1ccc(Nc2ccnc3[nH]c(C4=CCN(C(=O)OC(C)(C)C)CC4)cc23)cc1-c1ccsc1. The third-order valence-corrected chi connectivity index (χ3v) is 7.04. The van der Waals surface area contributed by atoms with Crippen LogP contribution in [0.15, 0.2) is 59.4 Å². The molecule has 1 amide bonds. The maximum Gasteiger partial charge on any atom is 0.410 e. The van der Waals surface area contributed by atoms with Crippen molar-refractivity contribution in [2.45, 2.75) is 45.8 Å². The number of carbonyl (C=O) groups excluding carboxylic acids is 1. The van der Waals surface area contributed by atoms with Crippen molar-refractivity contribution in [1.82, 2.24) is 14.9 Å². The fourth-order valence-corrected chi connectivity index (χ4v) is 5.19. The summed E-state index contributed by atoms with van der Waals surface area (Å²) < 4.78 is 5.51. The zero-order valence-electron chi connectivity index (χ0n) is 21.5. The molecular formula is C29H32N4O3S. The van der Waals surface area contributed by atoms with E-state index in [0.29, 0.717) is 13.1 Å². The van der Waals surface area contributed by atoms with Gasteiger partial charge in [0.25, 0.3) is 0 Å². The van der Waals surface area contributed by atoms with E-state index < -0.39 is 11.7 Å². The molecule has 1 aromatic carbocycles. The predicted molar refractivity (Wildman–Crippen MR) is 150 cm³/mol. The molecule has 1 aliphatic heterocycles. The number of pyridine rings is 1. The number of nitrogens with zero attached hydrogens (tertiary/aromatic N) is 2. The lowest BCUT2D eigenvalue weighted by Gasteiger charge is -2.29. The molecule has 37 heavy (non-hydrogen) atoms. The summed E-state index contributed by atoms with van der Waals surface area (Å²) in [5.41, 5.74) is 7.35.